The van der Waals surface area contributed by atoms with Crippen LogP contribution in [0, 0.1) is 12.3 Å². The molecule has 2 aliphatic heterocycles. The fourth-order valence-electron chi connectivity index (χ4n) is 3.89. The van der Waals surface area contributed by atoms with E-state index >= 15 is 0 Å². The number of hydrogen-bond acceptors (Lipinski definition) is 16. The number of aromatic nitrogens is 5. The third kappa shape index (κ3) is 8.01. The molecule has 0 saturated carbocycles. The van der Waals surface area contributed by atoms with Crippen molar-refractivity contribution in [1.29, 1.82) is 0 Å². The summed E-state index contributed by atoms with van der Waals surface area (Å²) in [4.78, 5) is 75.4. The lowest BCUT2D eigenvalue weighted by Crippen LogP contribution is -2.71. The Hall–Kier alpha value is -5.22. The highest BCUT2D eigenvalue weighted by Crippen LogP contribution is 2.41. The maximum absolute atomic E-state index is 13.2. The van der Waals surface area contributed by atoms with Crippen LogP contribution in [-0.2, 0) is 40.2 Å². The summed E-state index contributed by atoms with van der Waals surface area (Å²) in [6, 6.07) is -1.26. The van der Waals surface area contributed by atoms with Gasteiger partial charge < -0.3 is 25.2 Å². The molecule has 25 heteroatoms. The lowest BCUT2D eigenvalue weighted by atomic mass is 10.0. The third-order valence-corrected chi connectivity index (χ3v) is 9.04. The summed E-state index contributed by atoms with van der Waals surface area (Å²) < 4.78 is 39.0. The summed E-state index contributed by atoms with van der Waals surface area (Å²) >= 11 is 2.64. The molecule has 2 aromatic heterocycles. The van der Waals surface area contributed by atoms with Crippen molar-refractivity contribution < 1.29 is 57.0 Å². The predicted octanol–water partition coefficient (Wildman–Crippen LogP) is -0.398. The number of nitrogens with zero attached hydrogens (tertiary/aromatic N) is 8. The fraction of sp³-hybridized carbons (Fsp3) is 0.348. The number of terminal acetylenes is 1. The maximum atomic E-state index is 13.2. The number of carboxylic acids is 2. The number of nitrogens with one attached hydrogen (secondary N) is 2. The number of thiazole rings is 1. The summed E-state index contributed by atoms with van der Waals surface area (Å²) in [5.41, 5.74) is -1.36. The highest BCUT2D eigenvalue weighted by atomic mass is 32.2. The average molecular weight is 733 g/mol. The van der Waals surface area contributed by atoms with Gasteiger partial charge >= 0.3 is 24.0 Å². The molecule has 4 N–H and O–H groups in total. The molecule has 1 unspecified atom stereocenters. The normalized spacial score (nSPS) is 18.0. The Balaban J connectivity index is 1.48. The summed E-state index contributed by atoms with van der Waals surface area (Å²) in [6.45, 7) is -0.774. The van der Waals surface area contributed by atoms with Crippen molar-refractivity contribution >= 4 is 81.1 Å². The van der Waals surface area contributed by atoms with Crippen LogP contribution in [0.3, 0.4) is 0 Å². The molecule has 4 rings (SSSR count). The van der Waals surface area contributed by atoms with E-state index in [2.05, 4.69) is 46.9 Å². The lowest BCUT2D eigenvalue weighted by molar-refractivity contribution is -0.167. The highest BCUT2D eigenvalue weighted by molar-refractivity contribution is 8.01. The molecule has 254 valence electrons. The van der Waals surface area contributed by atoms with Crippen LogP contribution in [-0.4, -0.2) is 124 Å². The first kappa shape index (κ1) is 35.6. The zero-order chi connectivity index (χ0) is 35.2. The van der Waals surface area contributed by atoms with E-state index in [0.29, 0.717) is 16.9 Å². The molecule has 3 amide bonds. The maximum Gasteiger partial charge on any atom is 0.471 e. The summed E-state index contributed by atoms with van der Waals surface area (Å²) in [7, 11) is 1.16. The molecule has 0 bridgehead atoms. The molecule has 0 spiro atoms. The molecular formula is C23H19F3N10O9S3. The lowest BCUT2D eigenvalue weighted by Gasteiger charge is -2.49. The summed E-state index contributed by atoms with van der Waals surface area (Å²) in [6.07, 6.45) is -0.0830. The van der Waals surface area contributed by atoms with Gasteiger partial charge in [-0.2, -0.15) is 13.2 Å². The number of tetrazole rings is 1. The zero-order valence-electron chi connectivity index (χ0n) is 23.8. The van der Waals surface area contributed by atoms with Gasteiger partial charge in [0.2, 0.25) is 5.16 Å². The number of aliphatic carboxylic acids is 2. The number of rotatable bonds is 14. The van der Waals surface area contributed by atoms with Gasteiger partial charge in [-0.25, -0.2) is 19.3 Å². The van der Waals surface area contributed by atoms with Crippen LogP contribution in [0.5, 0.6) is 0 Å². The molecule has 2 atom stereocenters. The molecule has 0 radical (unpaired) electrons. The van der Waals surface area contributed by atoms with Crippen LogP contribution >= 0.6 is 34.9 Å². The van der Waals surface area contributed by atoms with E-state index in [9.17, 15) is 47.4 Å². The second-order valence-electron chi connectivity index (χ2n) is 8.96. The highest BCUT2D eigenvalue weighted by Gasteiger charge is 2.54. The number of hydrogen-bond donors (Lipinski definition) is 4. The van der Waals surface area contributed by atoms with Gasteiger partial charge in [0.25, 0.3) is 11.8 Å². The minimum Gasteiger partial charge on any atom is -0.477 e. The van der Waals surface area contributed by atoms with Crippen LogP contribution in [0.15, 0.2) is 32.1 Å². The molecule has 19 nitrogen and oxygen atoms in total. The first-order valence-electron chi connectivity index (χ1n) is 12.7. The van der Waals surface area contributed by atoms with Crippen LogP contribution in [0.2, 0.25) is 0 Å². The van der Waals surface area contributed by atoms with E-state index in [0.717, 1.165) is 45.6 Å². The van der Waals surface area contributed by atoms with Crippen molar-refractivity contribution in [3.63, 3.8) is 0 Å². The van der Waals surface area contributed by atoms with Gasteiger partial charge in [0, 0.05) is 16.9 Å². The van der Waals surface area contributed by atoms with Gasteiger partial charge in [-0.15, -0.1) is 34.6 Å². The standard InChI is InChI=1S/C23H19F3N10O9S3/c1-3-4-45-32-12(11-8-47-21(27-11)29-20(43)23(24,25)26)15(37)28-13-16(38)36-14(19(41)42)9(6-46-17(13)36)7-48-22-30-33-34-35(22)5-10(18(39)40)31-44-2/h1,8,13,17H,4-7H2,2H3,(H,28,37)(H,39,40)(H,41,42)(H,27,29,43)/b31-10+,32-12+/t13?,17-/m1/s1. The average Bonchev–Trinajstić information content (AvgIpc) is 3.68. The smallest absolute Gasteiger partial charge is 0.471 e. The summed E-state index contributed by atoms with van der Waals surface area (Å²) in [5.74, 6) is -4.81. The molecule has 1 fully saturated rings. The van der Waals surface area contributed by atoms with Gasteiger partial charge in [0.1, 0.15) is 29.9 Å². The number of carboxylic acid groups (broad SMARTS) is 2. The van der Waals surface area contributed by atoms with Crippen molar-refractivity contribution in [1.82, 2.24) is 35.4 Å². The zero-order valence-corrected chi connectivity index (χ0v) is 26.3. The second kappa shape index (κ2) is 15.1. The van der Waals surface area contributed by atoms with E-state index in [4.69, 9.17) is 11.3 Å². The number of fused-ring (bicyclic) bond motifs is 1. The Morgan fingerprint density at radius 2 is 2.02 bits per heavy atom. The molecule has 0 aliphatic carbocycles. The van der Waals surface area contributed by atoms with Crippen LogP contribution in [0.1, 0.15) is 5.69 Å². The first-order valence-corrected chi connectivity index (χ1v) is 15.6. The van der Waals surface area contributed by atoms with E-state index in [1.807, 2.05) is 0 Å². The van der Waals surface area contributed by atoms with Crippen LogP contribution in [0.4, 0.5) is 18.3 Å². The SMILES string of the molecule is C#CCO/N=C(/C(=O)NC1C(=O)N2C(C(=O)O)=C(CSc3nnnn3C/C(=N\OC)C(=O)O)CS[C@H]12)c1csc(NC(=O)C(F)(F)F)n1. The van der Waals surface area contributed by atoms with Crippen molar-refractivity contribution in [2.75, 3.05) is 30.5 Å². The minimum absolute atomic E-state index is 0.0211. The molecule has 0 aromatic carbocycles. The number of anilines is 1. The number of thioether (sulfide) groups is 2. The molecule has 2 aromatic rings. The van der Waals surface area contributed by atoms with E-state index in [-0.39, 0.29) is 34.6 Å². The Morgan fingerprint density at radius 1 is 1.27 bits per heavy atom. The van der Waals surface area contributed by atoms with Crippen molar-refractivity contribution in [2.24, 2.45) is 10.3 Å². The molecular weight excluding hydrogens is 714 g/mol. The van der Waals surface area contributed by atoms with Gasteiger partial charge in [-0.05, 0) is 16.0 Å². The Morgan fingerprint density at radius 3 is 2.67 bits per heavy atom. The number of carbonyl (C=O) groups is 5. The van der Waals surface area contributed by atoms with Crippen molar-refractivity contribution in [3.8, 4) is 12.3 Å². The van der Waals surface area contributed by atoms with Gasteiger partial charge in [0.15, 0.2) is 23.2 Å². The number of β-lactam (4-membered cyclic amide) rings is 1. The Kier molecular flexibility index (Phi) is 11.2. The van der Waals surface area contributed by atoms with Crippen LogP contribution < -0.4 is 10.6 Å². The minimum atomic E-state index is -5.20. The number of amides is 3. The second-order valence-corrected chi connectivity index (χ2v) is 11.9. The van der Waals surface area contributed by atoms with Gasteiger partial charge in [0.05, 0.1) is 6.54 Å². The van der Waals surface area contributed by atoms with Crippen molar-refractivity contribution in [2.45, 2.75) is 29.3 Å². The van der Waals surface area contributed by atoms with E-state index in [1.54, 1.807) is 5.32 Å². The first-order chi connectivity index (χ1) is 22.8. The molecule has 4 heterocycles. The predicted molar refractivity (Wildman–Crippen MR) is 158 cm³/mol. The monoisotopic (exact) mass is 732 g/mol. The molecule has 1 saturated heterocycles. The van der Waals surface area contributed by atoms with Gasteiger partial charge in [-0.3, -0.25) is 24.6 Å². The summed E-state index contributed by atoms with van der Waals surface area (Å²) in [5, 5.41) is 41.0. The fourth-order valence-corrected chi connectivity index (χ4v) is 6.94. The van der Waals surface area contributed by atoms with Gasteiger partial charge in [-0.1, -0.05) is 28.0 Å². The van der Waals surface area contributed by atoms with Crippen LogP contribution in [0.25, 0.3) is 0 Å². The van der Waals surface area contributed by atoms with Crippen molar-refractivity contribution in [3.05, 3.63) is 22.3 Å². The number of oxime groups is 2. The molecule has 48 heavy (non-hydrogen) atoms. The Labute approximate surface area is 277 Å². The number of carbonyl (C=O) groups excluding carboxylic acids is 3. The van der Waals surface area contributed by atoms with E-state index in [1.165, 1.54) is 0 Å². The largest absolute Gasteiger partial charge is 0.477 e. The third-order valence-electron chi connectivity index (χ3n) is 5.90. The number of halogens is 3. The topological polar surface area (TPSA) is 253 Å². The van der Waals surface area contributed by atoms with E-state index < -0.39 is 70.4 Å². The quantitative estimate of drug-likeness (QED) is 0.0482. The Bertz CT molecular complexity index is 1770. The number of alkyl halides is 3. The molecule has 2 aliphatic rings.